The van der Waals surface area contributed by atoms with Crippen LogP contribution >= 0.6 is 11.6 Å². The zero-order valence-corrected chi connectivity index (χ0v) is 14.6. The van der Waals surface area contributed by atoms with E-state index in [4.69, 9.17) is 16.0 Å². The maximum Gasteiger partial charge on any atom is 0.254 e. The molecule has 3 aromatic rings. The van der Waals surface area contributed by atoms with Crippen LogP contribution in [0.4, 0.5) is 0 Å². The summed E-state index contributed by atoms with van der Waals surface area (Å²) < 4.78 is 5.26. The Balaban J connectivity index is 1.42. The minimum atomic E-state index is -0.0712. The summed E-state index contributed by atoms with van der Waals surface area (Å²) in [5.41, 5.74) is 2.43. The van der Waals surface area contributed by atoms with Crippen molar-refractivity contribution in [3.8, 4) is 0 Å². The second kappa shape index (κ2) is 6.80. The van der Waals surface area contributed by atoms with E-state index >= 15 is 0 Å². The second-order valence-corrected chi connectivity index (χ2v) is 6.57. The molecule has 1 aliphatic rings. The predicted molar refractivity (Wildman–Crippen MR) is 97.3 cm³/mol. The zero-order valence-electron chi connectivity index (χ0n) is 13.9. The molecule has 1 fully saturated rings. The molecule has 0 radical (unpaired) electrons. The molecule has 1 aromatic heterocycles. The van der Waals surface area contributed by atoms with E-state index in [0.717, 1.165) is 5.52 Å². The molecule has 4 rings (SSSR count). The highest BCUT2D eigenvalue weighted by molar-refractivity contribution is 6.30. The normalized spacial score (nSPS) is 14.7. The highest BCUT2D eigenvalue weighted by atomic mass is 35.5. The van der Waals surface area contributed by atoms with Crippen LogP contribution in [-0.4, -0.2) is 52.8 Å². The van der Waals surface area contributed by atoms with E-state index in [1.165, 1.54) is 6.39 Å². The lowest BCUT2D eigenvalue weighted by molar-refractivity contribution is 0.0535. The summed E-state index contributed by atoms with van der Waals surface area (Å²) in [6, 6.07) is 12.1. The number of nitrogens with zero attached hydrogens (tertiary/aromatic N) is 3. The molecular weight excluding hydrogens is 354 g/mol. The number of aromatic nitrogens is 1. The average molecular weight is 370 g/mol. The minimum absolute atomic E-state index is 0.0670. The van der Waals surface area contributed by atoms with E-state index in [9.17, 15) is 9.59 Å². The van der Waals surface area contributed by atoms with Crippen molar-refractivity contribution in [1.82, 2.24) is 14.8 Å². The van der Waals surface area contributed by atoms with Crippen LogP contribution in [0.25, 0.3) is 11.1 Å². The van der Waals surface area contributed by atoms with Gasteiger partial charge in [0.05, 0.1) is 0 Å². The molecule has 2 heterocycles. The standard InChI is InChI=1S/C19H16ClN3O3/c20-15-3-1-2-13(10-15)18(24)22-6-8-23(9-7-22)19(25)14-4-5-16-17(11-14)26-12-21-16/h1-5,10-12H,6-9H2. The third kappa shape index (κ3) is 3.15. The van der Waals surface area contributed by atoms with Gasteiger partial charge in [0.2, 0.25) is 0 Å². The second-order valence-electron chi connectivity index (χ2n) is 6.13. The summed E-state index contributed by atoms with van der Waals surface area (Å²) in [7, 11) is 0. The largest absolute Gasteiger partial charge is 0.443 e. The summed E-state index contributed by atoms with van der Waals surface area (Å²) in [5.74, 6) is -0.138. The number of hydrogen-bond donors (Lipinski definition) is 0. The van der Waals surface area contributed by atoms with Crippen LogP contribution in [0, 0.1) is 0 Å². The SMILES string of the molecule is O=C(c1cccc(Cl)c1)N1CCN(C(=O)c2ccc3ncoc3c2)CC1. The first kappa shape index (κ1) is 16.6. The maximum absolute atomic E-state index is 12.7. The highest BCUT2D eigenvalue weighted by Gasteiger charge is 2.25. The lowest BCUT2D eigenvalue weighted by Gasteiger charge is -2.34. The smallest absolute Gasteiger partial charge is 0.254 e. The number of amides is 2. The van der Waals surface area contributed by atoms with E-state index in [-0.39, 0.29) is 11.8 Å². The van der Waals surface area contributed by atoms with Crippen molar-refractivity contribution in [1.29, 1.82) is 0 Å². The Bertz CT molecular complexity index is 977. The van der Waals surface area contributed by atoms with E-state index in [1.54, 1.807) is 52.3 Å². The van der Waals surface area contributed by atoms with Crippen molar-refractivity contribution < 1.29 is 14.0 Å². The molecule has 7 heteroatoms. The molecule has 0 unspecified atom stereocenters. The number of hydrogen-bond acceptors (Lipinski definition) is 4. The van der Waals surface area contributed by atoms with Crippen molar-refractivity contribution in [3.63, 3.8) is 0 Å². The maximum atomic E-state index is 12.7. The van der Waals surface area contributed by atoms with Gasteiger partial charge in [0, 0.05) is 42.3 Å². The van der Waals surface area contributed by atoms with Crippen molar-refractivity contribution in [2.75, 3.05) is 26.2 Å². The van der Waals surface area contributed by atoms with E-state index in [2.05, 4.69) is 4.98 Å². The molecule has 0 N–H and O–H groups in total. The number of benzene rings is 2. The Hall–Kier alpha value is -2.86. The molecule has 0 saturated carbocycles. The number of fused-ring (bicyclic) bond motifs is 1. The van der Waals surface area contributed by atoms with E-state index in [1.807, 2.05) is 0 Å². The average Bonchev–Trinajstić information content (AvgIpc) is 3.15. The number of halogens is 1. The molecular formula is C19H16ClN3O3. The first-order valence-corrected chi connectivity index (χ1v) is 8.67. The molecule has 0 atom stereocenters. The Labute approximate surface area is 155 Å². The summed E-state index contributed by atoms with van der Waals surface area (Å²) in [5, 5.41) is 0.535. The van der Waals surface area contributed by atoms with E-state index in [0.29, 0.717) is 47.9 Å². The summed E-state index contributed by atoms with van der Waals surface area (Å²) in [6.45, 7) is 1.95. The fraction of sp³-hybridized carbons (Fsp3) is 0.211. The van der Waals surface area contributed by atoms with E-state index < -0.39 is 0 Å². The van der Waals surface area contributed by atoms with Crippen LogP contribution in [0.3, 0.4) is 0 Å². The van der Waals surface area contributed by atoms with Gasteiger partial charge in [0.15, 0.2) is 12.0 Å². The van der Waals surface area contributed by atoms with Gasteiger partial charge in [-0.2, -0.15) is 0 Å². The van der Waals surface area contributed by atoms with Gasteiger partial charge < -0.3 is 14.2 Å². The van der Waals surface area contributed by atoms with Gasteiger partial charge in [-0.25, -0.2) is 4.98 Å². The highest BCUT2D eigenvalue weighted by Crippen LogP contribution is 2.18. The van der Waals surface area contributed by atoms with Crippen LogP contribution in [0.1, 0.15) is 20.7 Å². The fourth-order valence-corrected chi connectivity index (χ4v) is 3.28. The number of carbonyl (C=O) groups is 2. The predicted octanol–water partition coefficient (Wildman–Crippen LogP) is 3.08. The number of rotatable bonds is 2. The quantitative estimate of drug-likeness (QED) is 0.696. The zero-order chi connectivity index (χ0) is 18.1. The van der Waals surface area contributed by atoms with Crippen molar-refractivity contribution >= 4 is 34.5 Å². The van der Waals surface area contributed by atoms with Gasteiger partial charge in [-0.15, -0.1) is 0 Å². The summed E-state index contributed by atoms with van der Waals surface area (Å²) in [4.78, 5) is 32.8. The van der Waals surface area contributed by atoms with Gasteiger partial charge in [-0.05, 0) is 36.4 Å². The van der Waals surface area contributed by atoms with Crippen molar-refractivity contribution in [2.24, 2.45) is 0 Å². The monoisotopic (exact) mass is 369 g/mol. The van der Waals surface area contributed by atoms with Crippen molar-refractivity contribution in [2.45, 2.75) is 0 Å². The van der Waals surface area contributed by atoms with Crippen LogP contribution in [0.15, 0.2) is 53.3 Å². The molecule has 1 saturated heterocycles. The Morgan fingerprint density at radius 1 is 0.923 bits per heavy atom. The fourth-order valence-electron chi connectivity index (χ4n) is 3.09. The number of piperazine rings is 1. The van der Waals surface area contributed by atoms with Gasteiger partial charge in [0.25, 0.3) is 11.8 Å². The van der Waals surface area contributed by atoms with Crippen molar-refractivity contribution in [3.05, 3.63) is 65.0 Å². The molecule has 1 aliphatic heterocycles. The van der Waals surface area contributed by atoms with Gasteiger partial charge >= 0.3 is 0 Å². The third-order valence-electron chi connectivity index (χ3n) is 4.50. The number of carbonyl (C=O) groups excluding carboxylic acids is 2. The molecule has 132 valence electrons. The Kier molecular flexibility index (Phi) is 4.34. The van der Waals surface area contributed by atoms with Crippen LogP contribution < -0.4 is 0 Å². The molecule has 0 spiro atoms. The lowest BCUT2D eigenvalue weighted by atomic mass is 10.1. The molecule has 0 bridgehead atoms. The Morgan fingerprint density at radius 2 is 1.58 bits per heavy atom. The van der Waals surface area contributed by atoms with Gasteiger partial charge in [-0.3, -0.25) is 9.59 Å². The van der Waals surface area contributed by atoms with Crippen LogP contribution in [0.2, 0.25) is 5.02 Å². The summed E-state index contributed by atoms with van der Waals surface area (Å²) in [6.07, 6.45) is 1.36. The molecule has 6 nitrogen and oxygen atoms in total. The summed E-state index contributed by atoms with van der Waals surface area (Å²) >= 11 is 5.96. The lowest BCUT2D eigenvalue weighted by Crippen LogP contribution is -2.50. The first-order valence-electron chi connectivity index (χ1n) is 8.29. The van der Waals surface area contributed by atoms with Gasteiger partial charge in [-0.1, -0.05) is 17.7 Å². The van der Waals surface area contributed by atoms with Crippen LogP contribution in [0.5, 0.6) is 0 Å². The number of oxazole rings is 1. The first-order chi connectivity index (χ1) is 12.6. The molecule has 26 heavy (non-hydrogen) atoms. The molecule has 0 aliphatic carbocycles. The Morgan fingerprint density at radius 3 is 2.23 bits per heavy atom. The minimum Gasteiger partial charge on any atom is -0.443 e. The molecule has 2 aromatic carbocycles. The third-order valence-corrected chi connectivity index (χ3v) is 4.74. The molecule has 2 amide bonds. The van der Waals surface area contributed by atoms with Gasteiger partial charge in [0.1, 0.15) is 5.52 Å². The topological polar surface area (TPSA) is 66.7 Å². The van der Waals surface area contributed by atoms with Crippen LogP contribution in [-0.2, 0) is 0 Å².